The Kier molecular flexibility index (Phi) is 6.76. The Morgan fingerprint density at radius 3 is 2.64 bits per heavy atom. The highest BCUT2D eigenvalue weighted by molar-refractivity contribution is 5.86. The van der Waals surface area contributed by atoms with Gasteiger partial charge in [-0.3, -0.25) is 0 Å². The monoisotopic (exact) mass is 198 g/mol. The number of hydrogen-bond acceptors (Lipinski definition) is 3. The van der Waals surface area contributed by atoms with E-state index in [1.165, 1.54) is 0 Å². The number of carbonyl (C=O) groups excluding carboxylic acids is 1. The van der Waals surface area contributed by atoms with E-state index in [-0.39, 0.29) is 11.9 Å². The summed E-state index contributed by atoms with van der Waals surface area (Å²) in [5.74, 6) is -0.154. The summed E-state index contributed by atoms with van der Waals surface area (Å²) in [4.78, 5) is 11.0. The molecule has 14 heavy (non-hydrogen) atoms. The van der Waals surface area contributed by atoms with Crippen molar-refractivity contribution in [2.24, 2.45) is 5.92 Å². The van der Waals surface area contributed by atoms with Crippen molar-refractivity contribution >= 4 is 5.97 Å². The largest absolute Gasteiger partial charge is 0.462 e. The molecule has 0 aromatic carbocycles. The van der Waals surface area contributed by atoms with Crippen LogP contribution in [0.1, 0.15) is 13.8 Å². The summed E-state index contributed by atoms with van der Waals surface area (Å²) in [5, 5.41) is 0. The van der Waals surface area contributed by atoms with E-state index in [1.54, 1.807) is 13.0 Å². The lowest BCUT2D eigenvalue weighted by molar-refractivity contribution is -0.140. The molecule has 80 valence electrons. The first-order valence-corrected chi connectivity index (χ1v) is 4.59. The molecule has 0 aromatic heterocycles. The summed E-state index contributed by atoms with van der Waals surface area (Å²) >= 11 is 0. The molecule has 0 rings (SSSR count). The lowest BCUT2D eigenvalue weighted by atomic mass is 10.2. The fourth-order valence-electron chi connectivity index (χ4n) is 0.742. The predicted octanol–water partition coefficient (Wildman–Crippen LogP) is 1.94. The zero-order chi connectivity index (χ0) is 11.0. The van der Waals surface area contributed by atoms with Crippen molar-refractivity contribution in [1.29, 1.82) is 0 Å². The summed E-state index contributed by atoms with van der Waals surface area (Å²) in [6, 6.07) is 0. The van der Waals surface area contributed by atoms with Crippen molar-refractivity contribution in [2.75, 3.05) is 19.8 Å². The van der Waals surface area contributed by atoms with Crippen LogP contribution in [0.25, 0.3) is 0 Å². The molecule has 1 unspecified atom stereocenters. The van der Waals surface area contributed by atoms with Crippen LogP contribution in [0.15, 0.2) is 24.8 Å². The number of esters is 1. The van der Waals surface area contributed by atoms with E-state index in [1.807, 2.05) is 6.92 Å². The summed E-state index contributed by atoms with van der Waals surface area (Å²) in [7, 11) is 0. The summed E-state index contributed by atoms with van der Waals surface area (Å²) < 4.78 is 10.2. The van der Waals surface area contributed by atoms with E-state index in [4.69, 9.17) is 9.47 Å². The maximum atomic E-state index is 11.0. The molecule has 0 aromatic rings. The van der Waals surface area contributed by atoms with Crippen molar-refractivity contribution in [3.05, 3.63) is 24.8 Å². The summed E-state index contributed by atoms with van der Waals surface area (Å²) in [6.45, 7) is 12.1. The number of carbonyl (C=O) groups is 1. The van der Waals surface area contributed by atoms with Crippen molar-refractivity contribution in [3.8, 4) is 0 Å². The smallest absolute Gasteiger partial charge is 0.333 e. The molecule has 3 heteroatoms. The van der Waals surface area contributed by atoms with Crippen LogP contribution in [0.5, 0.6) is 0 Å². The van der Waals surface area contributed by atoms with Crippen molar-refractivity contribution in [2.45, 2.75) is 13.8 Å². The fourth-order valence-corrected chi connectivity index (χ4v) is 0.742. The van der Waals surface area contributed by atoms with Crippen molar-refractivity contribution in [1.82, 2.24) is 0 Å². The molecule has 0 amide bonds. The highest BCUT2D eigenvalue weighted by Crippen LogP contribution is 2.00. The number of hydrogen-bond donors (Lipinski definition) is 0. The van der Waals surface area contributed by atoms with Gasteiger partial charge < -0.3 is 9.47 Å². The van der Waals surface area contributed by atoms with Crippen molar-refractivity contribution in [3.63, 3.8) is 0 Å². The van der Waals surface area contributed by atoms with Crippen LogP contribution < -0.4 is 0 Å². The van der Waals surface area contributed by atoms with Gasteiger partial charge in [-0.05, 0) is 6.92 Å². The Morgan fingerprint density at radius 2 is 2.14 bits per heavy atom. The number of rotatable bonds is 7. The molecule has 0 spiro atoms. The van der Waals surface area contributed by atoms with E-state index in [9.17, 15) is 4.79 Å². The third-order valence-corrected chi connectivity index (χ3v) is 1.49. The molecule has 0 aliphatic rings. The molecule has 0 saturated heterocycles. The highest BCUT2D eigenvalue weighted by atomic mass is 16.5. The van der Waals surface area contributed by atoms with Crippen LogP contribution in [0.4, 0.5) is 0 Å². The van der Waals surface area contributed by atoms with E-state index < -0.39 is 0 Å². The molecule has 0 N–H and O–H groups in total. The Labute approximate surface area is 85.4 Å². The Morgan fingerprint density at radius 1 is 1.50 bits per heavy atom. The Bertz CT molecular complexity index is 209. The van der Waals surface area contributed by atoms with Crippen LogP contribution in [0.3, 0.4) is 0 Å². The van der Waals surface area contributed by atoms with Gasteiger partial charge >= 0.3 is 5.97 Å². The van der Waals surface area contributed by atoms with Crippen LogP contribution in [0.2, 0.25) is 0 Å². The molecule has 1 atom stereocenters. The van der Waals surface area contributed by atoms with Gasteiger partial charge in [0.15, 0.2) is 0 Å². The second-order valence-electron chi connectivity index (χ2n) is 3.31. The second kappa shape index (κ2) is 7.33. The van der Waals surface area contributed by atoms with E-state index in [0.29, 0.717) is 25.4 Å². The third kappa shape index (κ3) is 6.43. The second-order valence-corrected chi connectivity index (χ2v) is 3.31. The van der Waals surface area contributed by atoms with Gasteiger partial charge in [0, 0.05) is 11.5 Å². The first kappa shape index (κ1) is 12.9. The Balaban J connectivity index is 3.52. The van der Waals surface area contributed by atoms with Crippen LogP contribution >= 0.6 is 0 Å². The first-order valence-electron chi connectivity index (χ1n) is 4.59. The average molecular weight is 198 g/mol. The lowest BCUT2D eigenvalue weighted by Crippen LogP contribution is -2.16. The molecule has 0 radical (unpaired) electrons. The topological polar surface area (TPSA) is 35.5 Å². The minimum atomic E-state index is -0.347. The molecular weight excluding hydrogens is 180 g/mol. The van der Waals surface area contributed by atoms with Gasteiger partial charge in [0.05, 0.1) is 19.8 Å². The molecule has 0 aliphatic carbocycles. The average Bonchev–Trinajstić information content (AvgIpc) is 2.14. The van der Waals surface area contributed by atoms with Gasteiger partial charge in [-0.1, -0.05) is 19.6 Å². The maximum absolute atomic E-state index is 11.0. The first-order chi connectivity index (χ1) is 6.57. The third-order valence-electron chi connectivity index (χ3n) is 1.49. The fraction of sp³-hybridized carbons (Fsp3) is 0.545. The predicted molar refractivity (Wildman–Crippen MR) is 56.0 cm³/mol. The standard InChI is InChI=1S/C11H18O3/c1-5-6-13-7-10(4)8-14-11(12)9(2)3/h5,10H,1-2,6-8H2,3-4H3. The van der Waals surface area contributed by atoms with E-state index in [0.717, 1.165) is 0 Å². The summed E-state index contributed by atoms with van der Waals surface area (Å²) in [5.41, 5.74) is 0.421. The maximum Gasteiger partial charge on any atom is 0.333 e. The number of ether oxygens (including phenoxy) is 2. The van der Waals surface area contributed by atoms with Gasteiger partial charge in [-0.15, -0.1) is 6.58 Å². The van der Waals surface area contributed by atoms with Gasteiger partial charge in [0.1, 0.15) is 0 Å². The zero-order valence-corrected chi connectivity index (χ0v) is 8.91. The Hall–Kier alpha value is -1.09. The highest BCUT2D eigenvalue weighted by Gasteiger charge is 2.07. The van der Waals surface area contributed by atoms with Crippen molar-refractivity contribution < 1.29 is 14.3 Å². The van der Waals surface area contributed by atoms with Crippen LogP contribution in [-0.4, -0.2) is 25.8 Å². The zero-order valence-electron chi connectivity index (χ0n) is 8.91. The van der Waals surface area contributed by atoms with Crippen LogP contribution in [-0.2, 0) is 14.3 Å². The van der Waals surface area contributed by atoms with E-state index in [2.05, 4.69) is 13.2 Å². The van der Waals surface area contributed by atoms with Gasteiger partial charge in [0.25, 0.3) is 0 Å². The molecule has 0 fully saturated rings. The molecule has 0 bridgehead atoms. The van der Waals surface area contributed by atoms with Crippen LogP contribution in [0, 0.1) is 5.92 Å². The molecule has 0 heterocycles. The molecule has 0 aliphatic heterocycles. The molecule has 0 saturated carbocycles. The minimum absolute atomic E-state index is 0.193. The van der Waals surface area contributed by atoms with E-state index >= 15 is 0 Å². The normalized spacial score (nSPS) is 11.9. The van der Waals surface area contributed by atoms with Gasteiger partial charge in [-0.25, -0.2) is 4.79 Å². The molecule has 3 nitrogen and oxygen atoms in total. The lowest BCUT2D eigenvalue weighted by Gasteiger charge is -2.11. The quantitative estimate of drug-likeness (QED) is 0.271. The van der Waals surface area contributed by atoms with Gasteiger partial charge in [-0.2, -0.15) is 0 Å². The molecular formula is C11H18O3. The SMILES string of the molecule is C=CCOCC(C)COC(=O)C(=C)C. The summed E-state index contributed by atoms with van der Waals surface area (Å²) in [6.07, 6.45) is 1.69. The minimum Gasteiger partial charge on any atom is -0.462 e. The van der Waals surface area contributed by atoms with Gasteiger partial charge in [0.2, 0.25) is 0 Å².